The van der Waals surface area contributed by atoms with Crippen LogP contribution in [0.5, 0.6) is 0 Å². The van der Waals surface area contributed by atoms with E-state index in [2.05, 4.69) is 36.3 Å². The average Bonchev–Trinajstić information content (AvgIpc) is 2.59. The van der Waals surface area contributed by atoms with E-state index in [0.717, 1.165) is 51.8 Å². The van der Waals surface area contributed by atoms with Crippen LogP contribution >= 0.6 is 24.0 Å². The van der Waals surface area contributed by atoms with E-state index in [9.17, 15) is 4.79 Å². The number of morpholine rings is 1. The minimum atomic E-state index is -0.140. The summed E-state index contributed by atoms with van der Waals surface area (Å²) >= 11 is 0. The van der Waals surface area contributed by atoms with Crippen LogP contribution in [0.25, 0.3) is 0 Å². The van der Waals surface area contributed by atoms with E-state index in [4.69, 9.17) is 14.5 Å². The molecule has 1 atom stereocenters. The Kier molecular flexibility index (Phi) is 15.1. The lowest BCUT2D eigenvalue weighted by Gasteiger charge is -2.36. The molecule has 2 N–H and O–H groups in total. The molecule has 1 rings (SSSR count). The predicted octanol–water partition coefficient (Wildman–Crippen LogP) is 1.86. The first-order valence-corrected chi connectivity index (χ1v) is 9.58. The number of carbonyl (C=O) groups is 1. The lowest BCUT2D eigenvalue weighted by Crippen LogP contribution is -2.48. The highest BCUT2D eigenvalue weighted by Crippen LogP contribution is 2.13. The lowest BCUT2D eigenvalue weighted by atomic mass is 10.0. The molecule has 0 aromatic rings. The number of guanidine groups is 1. The van der Waals surface area contributed by atoms with Crippen molar-refractivity contribution in [3.05, 3.63) is 0 Å². The highest BCUT2D eigenvalue weighted by molar-refractivity contribution is 14.0. The maximum atomic E-state index is 11.4. The van der Waals surface area contributed by atoms with E-state index in [1.807, 2.05) is 6.92 Å². The molecule has 7 nitrogen and oxygen atoms in total. The molecule has 0 aromatic heterocycles. The van der Waals surface area contributed by atoms with Gasteiger partial charge >= 0.3 is 5.97 Å². The molecule has 1 unspecified atom stereocenters. The molecule has 1 aliphatic rings. The largest absolute Gasteiger partial charge is 0.466 e. The summed E-state index contributed by atoms with van der Waals surface area (Å²) < 4.78 is 10.4. The van der Waals surface area contributed by atoms with E-state index in [1.165, 1.54) is 0 Å². The maximum Gasteiger partial charge on any atom is 0.305 e. The zero-order chi connectivity index (χ0) is 18.5. The van der Waals surface area contributed by atoms with Gasteiger partial charge < -0.3 is 20.1 Å². The van der Waals surface area contributed by atoms with Crippen LogP contribution in [-0.2, 0) is 14.3 Å². The first-order valence-electron chi connectivity index (χ1n) is 9.58. The molecule has 0 bridgehead atoms. The van der Waals surface area contributed by atoms with Crippen molar-refractivity contribution in [3.8, 4) is 0 Å². The summed E-state index contributed by atoms with van der Waals surface area (Å²) in [7, 11) is 0. The predicted molar refractivity (Wildman–Crippen MR) is 116 cm³/mol. The fraction of sp³-hybridized carbons (Fsp3) is 0.889. The zero-order valence-corrected chi connectivity index (χ0v) is 19.1. The molecule has 26 heavy (non-hydrogen) atoms. The number of nitrogens with zero attached hydrogens (tertiary/aromatic N) is 2. The van der Waals surface area contributed by atoms with Crippen molar-refractivity contribution >= 4 is 35.9 Å². The van der Waals surface area contributed by atoms with Crippen LogP contribution in [0.1, 0.15) is 40.5 Å². The van der Waals surface area contributed by atoms with Crippen LogP contribution in [0.2, 0.25) is 0 Å². The third-order valence-corrected chi connectivity index (χ3v) is 4.22. The number of nitrogens with one attached hydrogen (secondary N) is 2. The molecule has 0 amide bonds. The summed E-state index contributed by atoms with van der Waals surface area (Å²) in [6.07, 6.45) is 1.17. The van der Waals surface area contributed by atoms with E-state index in [0.29, 0.717) is 31.5 Å². The van der Waals surface area contributed by atoms with Gasteiger partial charge in [0.05, 0.1) is 26.4 Å². The Bertz CT molecular complexity index is 402. The summed E-state index contributed by atoms with van der Waals surface area (Å²) in [5, 5.41) is 6.58. The summed E-state index contributed by atoms with van der Waals surface area (Å²) in [5.41, 5.74) is 0. The highest BCUT2D eigenvalue weighted by atomic mass is 127. The molecule has 0 aliphatic carbocycles. The highest BCUT2D eigenvalue weighted by Gasteiger charge is 2.23. The molecule has 0 radical (unpaired) electrons. The molecular weight excluding hydrogens is 447 g/mol. The Morgan fingerprint density at radius 1 is 1.23 bits per heavy atom. The Morgan fingerprint density at radius 2 is 1.92 bits per heavy atom. The third kappa shape index (κ3) is 10.5. The van der Waals surface area contributed by atoms with Crippen LogP contribution in [0.15, 0.2) is 4.99 Å². The molecule has 1 fully saturated rings. The Labute approximate surface area is 175 Å². The van der Waals surface area contributed by atoms with Gasteiger partial charge in [-0.05, 0) is 26.2 Å². The SMILES string of the molecule is CCNC(=NCC(C(C)C)N1CCOCC1)NCCCC(=O)OCC.I. The van der Waals surface area contributed by atoms with Crippen LogP contribution in [0, 0.1) is 5.92 Å². The van der Waals surface area contributed by atoms with Gasteiger partial charge in [0.1, 0.15) is 0 Å². The summed E-state index contributed by atoms with van der Waals surface area (Å²) in [6, 6.07) is 0.416. The van der Waals surface area contributed by atoms with Gasteiger partial charge in [-0.15, -0.1) is 24.0 Å². The van der Waals surface area contributed by atoms with E-state index < -0.39 is 0 Å². The second-order valence-electron chi connectivity index (χ2n) is 6.51. The number of hydrogen-bond acceptors (Lipinski definition) is 5. The molecule has 1 aliphatic heterocycles. The number of hydrogen-bond donors (Lipinski definition) is 2. The standard InChI is InChI=1S/C18H36N4O3.HI/c1-5-19-18(20-9-7-8-17(23)25-6-2)21-14-16(15(3)4)22-10-12-24-13-11-22;/h15-16H,5-14H2,1-4H3,(H2,19,20,21);1H. The first kappa shape index (κ1) is 25.4. The Morgan fingerprint density at radius 3 is 2.50 bits per heavy atom. The monoisotopic (exact) mass is 484 g/mol. The van der Waals surface area contributed by atoms with Crippen molar-refractivity contribution in [2.45, 2.75) is 46.6 Å². The third-order valence-electron chi connectivity index (χ3n) is 4.22. The van der Waals surface area contributed by atoms with E-state index in [1.54, 1.807) is 0 Å². The summed E-state index contributed by atoms with van der Waals surface area (Å²) in [5.74, 6) is 1.21. The minimum absolute atomic E-state index is 0. The van der Waals surface area contributed by atoms with Crippen LogP contribution in [-0.4, -0.2) is 75.4 Å². The zero-order valence-electron chi connectivity index (χ0n) is 16.8. The number of rotatable bonds is 10. The van der Waals surface area contributed by atoms with Crippen molar-refractivity contribution in [2.24, 2.45) is 10.9 Å². The second-order valence-corrected chi connectivity index (χ2v) is 6.51. The van der Waals surface area contributed by atoms with Gasteiger partial charge in [-0.3, -0.25) is 14.7 Å². The van der Waals surface area contributed by atoms with Gasteiger partial charge in [0.2, 0.25) is 0 Å². The van der Waals surface area contributed by atoms with Crippen molar-refractivity contribution in [1.82, 2.24) is 15.5 Å². The molecule has 154 valence electrons. The fourth-order valence-electron chi connectivity index (χ4n) is 2.86. The fourth-order valence-corrected chi connectivity index (χ4v) is 2.86. The number of halogens is 1. The van der Waals surface area contributed by atoms with Crippen molar-refractivity contribution < 1.29 is 14.3 Å². The lowest BCUT2D eigenvalue weighted by molar-refractivity contribution is -0.143. The van der Waals surface area contributed by atoms with Gasteiger partial charge in [0, 0.05) is 38.6 Å². The van der Waals surface area contributed by atoms with Crippen molar-refractivity contribution in [3.63, 3.8) is 0 Å². The first-order chi connectivity index (χ1) is 12.1. The number of aliphatic imine (C=N–C) groups is 1. The Hall–Kier alpha value is -0.610. The molecule has 0 spiro atoms. The molecule has 0 saturated carbocycles. The van der Waals surface area contributed by atoms with Crippen molar-refractivity contribution in [2.75, 3.05) is 52.5 Å². The second kappa shape index (κ2) is 15.4. The van der Waals surface area contributed by atoms with E-state index >= 15 is 0 Å². The van der Waals surface area contributed by atoms with Gasteiger partial charge in [-0.25, -0.2) is 0 Å². The van der Waals surface area contributed by atoms with Crippen LogP contribution < -0.4 is 10.6 Å². The van der Waals surface area contributed by atoms with Crippen LogP contribution in [0.3, 0.4) is 0 Å². The average molecular weight is 484 g/mol. The molecular formula is C18H37IN4O3. The normalized spacial score (nSPS) is 16.7. The number of esters is 1. The smallest absolute Gasteiger partial charge is 0.305 e. The quantitative estimate of drug-likeness (QED) is 0.162. The van der Waals surface area contributed by atoms with Crippen LogP contribution in [0.4, 0.5) is 0 Å². The Balaban J connectivity index is 0.00000625. The summed E-state index contributed by atoms with van der Waals surface area (Å²) in [6.45, 7) is 14.6. The number of ether oxygens (including phenoxy) is 2. The number of carbonyl (C=O) groups excluding carboxylic acids is 1. The van der Waals surface area contributed by atoms with Gasteiger partial charge in [-0.2, -0.15) is 0 Å². The molecule has 0 aromatic carbocycles. The van der Waals surface area contributed by atoms with Gasteiger partial charge in [0.25, 0.3) is 0 Å². The molecule has 8 heteroatoms. The van der Waals surface area contributed by atoms with Gasteiger partial charge in [0.15, 0.2) is 5.96 Å². The van der Waals surface area contributed by atoms with Gasteiger partial charge in [-0.1, -0.05) is 13.8 Å². The molecule has 1 saturated heterocycles. The van der Waals surface area contributed by atoms with Crippen molar-refractivity contribution in [1.29, 1.82) is 0 Å². The topological polar surface area (TPSA) is 75.2 Å². The minimum Gasteiger partial charge on any atom is -0.466 e. The molecule has 1 heterocycles. The summed E-state index contributed by atoms with van der Waals surface area (Å²) in [4.78, 5) is 18.6. The maximum absolute atomic E-state index is 11.4. The van der Waals surface area contributed by atoms with E-state index in [-0.39, 0.29) is 29.9 Å².